The molecular weight excluding hydrogens is 284 g/mol. The molecule has 0 aliphatic carbocycles. The van der Waals surface area contributed by atoms with Crippen LogP contribution < -0.4 is 5.56 Å². The van der Waals surface area contributed by atoms with Crippen LogP contribution in [0.2, 0.25) is 0 Å². The van der Waals surface area contributed by atoms with Crippen molar-refractivity contribution in [3.63, 3.8) is 0 Å². The van der Waals surface area contributed by atoms with Crippen molar-refractivity contribution in [2.24, 2.45) is 0 Å². The largest absolute Gasteiger partial charge is 0.480 e. The molecule has 1 amide bonds. The average Bonchev–Trinajstić information content (AvgIpc) is 2.95. The number of carboxylic acid groups (broad SMARTS) is 1. The number of unbranched alkanes of at least 4 members (excludes halogenated alkanes) is 1. The number of rotatable bonds is 6. The van der Waals surface area contributed by atoms with Gasteiger partial charge in [-0.2, -0.15) is 0 Å². The maximum absolute atomic E-state index is 12.1. The highest BCUT2D eigenvalue weighted by Crippen LogP contribution is 2.19. The van der Waals surface area contributed by atoms with E-state index in [0.717, 1.165) is 18.4 Å². The van der Waals surface area contributed by atoms with Gasteiger partial charge in [0.25, 0.3) is 5.56 Å². The summed E-state index contributed by atoms with van der Waals surface area (Å²) < 4.78 is 1.63. The molecule has 1 saturated heterocycles. The van der Waals surface area contributed by atoms with Crippen LogP contribution in [0.5, 0.6) is 0 Å². The molecule has 0 bridgehead atoms. The Hall–Kier alpha value is -2.11. The Labute approximate surface area is 129 Å². The molecule has 0 saturated carbocycles. The van der Waals surface area contributed by atoms with Crippen LogP contribution in [0.4, 0.5) is 0 Å². The summed E-state index contributed by atoms with van der Waals surface area (Å²) in [6.07, 6.45) is 4.77. The van der Waals surface area contributed by atoms with Crippen LogP contribution in [0.25, 0.3) is 0 Å². The van der Waals surface area contributed by atoms with Gasteiger partial charge in [-0.15, -0.1) is 0 Å². The van der Waals surface area contributed by atoms with E-state index in [9.17, 15) is 14.4 Å². The second kappa shape index (κ2) is 7.24. The molecule has 1 aromatic rings. The minimum Gasteiger partial charge on any atom is -0.480 e. The van der Waals surface area contributed by atoms with E-state index in [1.54, 1.807) is 16.8 Å². The Morgan fingerprint density at radius 3 is 2.82 bits per heavy atom. The quantitative estimate of drug-likeness (QED) is 0.806. The molecule has 6 heteroatoms. The number of aromatic nitrogens is 1. The fourth-order valence-electron chi connectivity index (χ4n) is 2.82. The molecule has 1 aliphatic rings. The van der Waals surface area contributed by atoms with E-state index in [0.29, 0.717) is 32.4 Å². The van der Waals surface area contributed by atoms with E-state index in [2.05, 4.69) is 0 Å². The fraction of sp³-hybridized carbons (Fsp3) is 0.562. The van der Waals surface area contributed by atoms with Crippen molar-refractivity contribution < 1.29 is 14.7 Å². The van der Waals surface area contributed by atoms with Crippen LogP contribution in [-0.4, -0.2) is 39.0 Å². The molecule has 0 spiro atoms. The maximum atomic E-state index is 12.1. The Morgan fingerprint density at radius 1 is 1.36 bits per heavy atom. The molecule has 1 N–H and O–H groups in total. The van der Waals surface area contributed by atoms with E-state index in [1.165, 1.54) is 4.90 Å². The molecule has 1 atom stereocenters. The van der Waals surface area contributed by atoms with Crippen LogP contribution in [-0.2, 0) is 16.1 Å². The number of aryl methyl sites for hydroxylation is 2. The van der Waals surface area contributed by atoms with Crippen molar-refractivity contribution in [3.05, 3.63) is 34.2 Å². The van der Waals surface area contributed by atoms with Gasteiger partial charge in [0.15, 0.2) is 0 Å². The van der Waals surface area contributed by atoms with Gasteiger partial charge >= 0.3 is 5.97 Å². The highest BCUT2D eigenvalue weighted by molar-refractivity contribution is 5.84. The van der Waals surface area contributed by atoms with Gasteiger partial charge < -0.3 is 14.6 Å². The van der Waals surface area contributed by atoms with Gasteiger partial charge in [-0.1, -0.05) is 0 Å². The number of carbonyl (C=O) groups is 2. The number of likely N-dealkylation sites (tertiary alicyclic amines) is 1. The van der Waals surface area contributed by atoms with Gasteiger partial charge in [-0.25, -0.2) is 4.79 Å². The molecule has 1 fully saturated rings. The van der Waals surface area contributed by atoms with Crippen LogP contribution in [0.1, 0.15) is 37.7 Å². The van der Waals surface area contributed by atoms with Crippen LogP contribution in [0, 0.1) is 6.92 Å². The number of hydrogen-bond donors (Lipinski definition) is 1. The summed E-state index contributed by atoms with van der Waals surface area (Å²) in [6.45, 7) is 2.99. The molecule has 2 heterocycles. The number of pyridine rings is 1. The van der Waals surface area contributed by atoms with Crippen molar-refractivity contribution in [2.75, 3.05) is 6.54 Å². The average molecular weight is 306 g/mol. The van der Waals surface area contributed by atoms with Crippen LogP contribution in [0.15, 0.2) is 23.1 Å². The third kappa shape index (κ3) is 3.96. The summed E-state index contributed by atoms with van der Waals surface area (Å²) in [4.78, 5) is 36.3. The number of aliphatic carboxylic acids is 1. The van der Waals surface area contributed by atoms with Gasteiger partial charge in [-0.3, -0.25) is 9.59 Å². The third-order valence-electron chi connectivity index (χ3n) is 4.05. The highest BCUT2D eigenvalue weighted by atomic mass is 16.4. The van der Waals surface area contributed by atoms with Crippen molar-refractivity contribution in [1.82, 2.24) is 9.47 Å². The lowest BCUT2D eigenvalue weighted by atomic mass is 10.2. The number of nitrogens with zero attached hydrogens (tertiary/aromatic N) is 2. The fourth-order valence-corrected chi connectivity index (χ4v) is 2.82. The Balaban J connectivity index is 1.77. The summed E-state index contributed by atoms with van der Waals surface area (Å²) in [5.41, 5.74) is 0.905. The molecule has 2 rings (SSSR count). The molecule has 1 aliphatic heterocycles. The van der Waals surface area contributed by atoms with E-state index >= 15 is 0 Å². The molecule has 1 aromatic heterocycles. The molecule has 6 nitrogen and oxygen atoms in total. The lowest BCUT2D eigenvalue weighted by molar-refractivity contribution is -0.148. The first-order valence-corrected chi connectivity index (χ1v) is 7.68. The second-order valence-corrected chi connectivity index (χ2v) is 5.78. The van der Waals surface area contributed by atoms with E-state index < -0.39 is 12.0 Å². The van der Waals surface area contributed by atoms with Crippen molar-refractivity contribution in [2.45, 2.75) is 51.6 Å². The Morgan fingerprint density at radius 2 is 2.14 bits per heavy atom. The number of hydrogen-bond acceptors (Lipinski definition) is 3. The summed E-state index contributed by atoms with van der Waals surface area (Å²) in [5, 5.41) is 9.07. The first-order valence-electron chi connectivity index (χ1n) is 7.68. The zero-order chi connectivity index (χ0) is 16.1. The predicted octanol–water partition coefficient (Wildman–Crippen LogP) is 1.40. The molecule has 120 valence electrons. The zero-order valence-corrected chi connectivity index (χ0v) is 12.8. The minimum atomic E-state index is -0.919. The number of amides is 1. The summed E-state index contributed by atoms with van der Waals surface area (Å²) in [5.74, 6) is -1.02. The van der Waals surface area contributed by atoms with Crippen molar-refractivity contribution in [3.8, 4) is 0 Å². The molecule has 22 heavy (non-hydrogen) atoms. The number of carboxylic acids is 1. The molecule has 1 unspecified atom stereocenters. The molecule has 0 aromatic carbocycles. The third-order valence-corrected chi connectivity index (χ3v) is 4.05. The smallest absolute Gasteiger partial charge is 0.326 e. The lowest BCUT2D eigenvalue weighted by Gasteiger charge is -2.21. The monoisotopic (exact) mass is 306 g/mol. The highest BCUT2D eigenvalue weighted by Gasteiger charge is 2.33. The van der Waals surface area contributed by atoms with Gasteiger partial charge in [0.1, 0.15) is 6.04 Å². The van der Waals surface area contributed by atoms with Gasteiger partial charge in [0.2, 0.25) is 5.91 Å². The van der Waals surface area contributed by atoms with Crippen molar-refractivity contribution in [1.29, 1.82) is 0 Å². The van der Waals surface area contributed by atoms with Gasteiger partial charge in [-0.05, 0) is 44.2 Å². The molecule has 0 radical (unpaired) electrons. The normalized spacial score (nSPS) is 17.7. The maximum Gasteiger partial charge on any atom is 0.326 e. The van der Waals surface area contributed by atoms with E-state index in [1.807, 2.05) is 13.0 Å². The summed E-state index contributed by atoms with van der Waals surface area (Å²) in [7, 11) is 0. The first-order chi connectivity index (χ1) is 10.5. The zero-order valence-electron chi connectivity index (χ0n) is 12.8. The minimum absolute atomic E-state index is 0.0307. The molecular formula is C16H22N2O4. The van der Waals surface area contributed by atoms with E-state index in [4.69, 9.17) is 5.11 Å². The van der Waals surface area contributed by atoms with Gasteiger partial charge in [0, 0.05) is 31.8 Å². The summed E-state index contributed by atoms with van der Waals surface area (Å²) >= 11 is 0. The lowest BCUT2D eigenvalue weighted by Crippen LogP contribution is -2.40. The summed E-state index contributed by atoms with van der Waals surface area (Å²) in [6, 6.07) is 2.81. The van der Waals surface area contributed by atoms with Gasteiger partial charge in [0.05, 0.1) is 0 Å². The second-order valence-electron chi connectivity index (χ2n) is 5.78. The predicted molar refractivity (Wildman–Crippen MR) is 81.7 cm³/mol. The SMILES string of the molecule is Cc1ccn(CCCCC(=O)N2CCCC2C(=O)O)c(=O)c1. The Kier molecular flexibility index (Phi) is 5.35. The Bertz CT molecular complexity index is 608. The van der Waals surface area contributed by atoms with Crippen LogP contribution in [0.3, 0.4) is 0 Å². The first kappa shape index (κ1) is 16.3. The number of carbonyl (C=O) groups excluding carboxylic acids is 1. The van der Waals surface area contributed by atoms with E-state index in [-0.39, 0.29) is 11.5 Å². The standard InChI is InChI=1S/C16H22N2O4/c1-12-7-10-17(15(20)11-12)8-3-2-6-14(19)18-9-4-5-13(18)16(21)22/h7,10-11,13H,2-6,8-9H2,1H3,(H,21,22). The van der Waals surface area contributed by atoms with Crippen molar-refractivity contribution >= 4 is 11.9 Å². The van der Waals surface area contributed by atoms with Crippen LogP contribution >= 0.6 is 0 Å². The topological polar surface area (TPSA) is 79.6 Å².